The van der Waals surface area contributed by atoms with Gasteiger partial charge in [0.1, 0.15) is 6.04 Å². The Morgan fingerprint density at radius 1 is 1.04 bits per heavy atom. The summed E-state index contributed by atoms with van der Waals surface area (Å²) < 4.78 is 43.9. The van der Waals surface area contributed by atoms with Crippen LogP contribution in [-0.4, -0.2) is 25.0 Å². The number of hydrogen-bond donors (Lipinski definition) is 1. The van der Waals surface area contributed by atoms with Gasteiger partial charge in [-0.15, -0.1) is 0 Å². The van der Waals surface area contributed by atoms with Crippen LogP contribution in [0, 0.1) is 0 Å². The lowest BCUT2D eigenvalue weighted by Gasteiger charge is -2.18. The molecule has 1 N–H and O–H groups in total. The Kier molecular flexibility index (Phi) is 6.38. The van der Waals surface area contributed by atoms with Crippen LogP contribution in [0.15, 0.2) is 54.6 Å². The van der Waals surface area contributed by atoms with E-state index in [4.69, 9.17) is 0 Å². The van der Waals surface area contributed by atoms with Crippen LogP contribution in [0.5, 0.6) is 0 Å². The zero-order valence-corrected chi connectivity index (χ0v) is 14.0. The number of halogens is 3. The second kappa shape index (κ2) is 8.51. The van der Waals surface area contributed by atoms with Gasteiger partial charge in [0.15, 0.2) is 0 Å². The summed E-state index contributed by atoms with van der Waals surface area (Å²) in [6.45, 7) is 0. The molecule has 0 aliphatic rings. The number of methoxy groups -OCH3 is 1. The van der Waals surface area contributed by atoms with Crippen molar-refractivity contribution in [2.75, 3.05) is 7.11 Å². The molecule has 138 valence electrons. The first-order valence-electron chi connectivity index (χ1n) is 7.91. The van der Waals surface area contributed by atoms with Crippen LogP contribution < -0.4 is 5.32 Å². The Balaban J connectivity index is 2.16. The molecule has 0 bridgehead atoms. The van der Waals surface area contributed by atoms with Gasteiger partial charge < -0.3 is 10.1 Å². The average molecular weight is 365 g/mol. The zero-order chi connectivity index (χ0) is 19.2. The van der Waals surface area contributed by atoms with Gasteiger partial charge >= 0.3 is 12.1 Å². The molecule has 0 saturated carbocycles. The molecule has 4 nitrogen and oxygen atoms in total. The van der Waals surface area contributed by atoms with Crippen LogP contribution in [-0.2, 0) is 22.1 Å². The first-order valence-corrected chi connectivity index (χ1v) is 7.91. The second-order valence-electron chi connectivity index (χ2n) is 5.62. The normalized spacial score (nSPS) is 12.3. The highest BCUT2D eigenvalue weighted by atomic mass is 19.4. The third-order valence-electron chi connectivity index (χ3n) is 3.83. The average Bonchev–Trinajstić information content (AvgIpc) is 2.64. The van der Waals surface area contributed by atoms with Crippen LogP contribution in [0.1, 0.15) is 27.9 Å². The molecule has 26 heavy (non-hydrogen) atoms. The zero-order valence-electron chi connectivity index (χ0n) is 14.0. The number of esters is 1. The highest BCUT2D eigenvalue weighted by Crippen LogP contribution is 2.31. The molecular formula is C19H18F3NO3. The van der Waals surface area contributed by atoms with Gasteiger partial charge in [-0.05, 0) is 30.5 Å². The molecule has 0 aliphatic heterocycles. The van der Waals surface area contributed by atoms with Crippen LogP contribution in [0.3, 0.4) is 0 Å². The number of carbonyl (C=O) groups excluding carboxylic acids is 2. The highest BCUT2D eigenvalue weighted by Gasteiger charge is 2.35. The predicted octanol–water partition coefficient (Wildman–Crippen LogP) is 3.61. The van der Waals surface area contributed by atoms with E-state index in [2.05, 4.69) is 10.1 Å². The number of amides is 1. The van der Waals surface area contributed by atoms with Gasteiger partial charge in [0.25, 0.3) is 5.91 Å². The number of nitrogens with one attached hydrogen (secondary N) is 1. The van der Waals surface area contributed by atoms with Crippen molar-refractivity contribution in [2.45, 2.75) is 25.1 Å². The Labute approximate surface area is 149 Å². The van der Waals surface area contributed by atoms with Crippen molar-refractivity contribution in [1.29, 1.82) is 0 Å². The number of hydrogen-bond acceptors (Lipinski definition) is 3. The summed E-state index contributed by atoms with van der Waals surface area (Å²) in [6.07, 6.45) is -4.00. The topological polar surface area (TPSA) is 55.4 Å². The quantitative estimate of drug-likeness (QED) is 0.796. The van der Waals surface area contributed by atoms with Crippen molar-refractivity contribution in [3.63, 3.8) is 0 Å². The fourth-order valence-corrected chi connectivity index (χ4v) is 2.51. The van der Waals surface area contributed by atoms with E-state index >= 15 is 0 Å². The maximum Gasteiger partial charge on any atom is 0.417 e. The van der Waals surface area contributed by atoms with E-state index in [1.54, 1.807) is 0 Å². The minimum Gasteiger partial charge on any atom is -0.467 e. The minimum absolute atomic E-state index is 0.205. The summed E-state index contributed by atoms with van der Waals surface area (Å²) in [6, 6.07) is 12.6. The molecule has 2 aromatic rings. The Morgan fingerprint density at radius 3 is 2.27 bits per heavy atom. The SMILES string of the molecule is COC(=O)[C@@H](CCc1ccccc1)NC(=O)c1ccccc1C(F)(F)F. The van der Waals surface area contributed by atoms with Crippen molar-refractivity contribution >= 4 is 11.9 Å². The first-order chi connectivity index (χ1) is 12.3. The van der Waals surface area contributed by atoms with Gasteiger partial charge in [0, 0.05) is 0 Å². The lowest BCUT2D eigenvalue weighted by Crippen LogP contribution is -2.42. The number of carbonyl (C=O) groups is 2. The maximum atomic E-state index is 13.1. The molecule has 0 aliphatic carbocycles. The lowest BCUT2D eigenvalue weighted by atomic mass is 10.0. The van der Waals surface area contributed by atoms with Crippen LogP contribution in [0.25, 0.3) is 0 Å². The van der Waals surface area contributed by atoms with Crippen LogP contribution in [0.2, 0.25) is 0 Å². The number of alkyl halides is 3. The second-order valence-corrected chi connectivity index (χ2v) is 5.62. The van der Waals surface area contributed by atoms with E-state index in [9.17, 15) is 22.8 Å². The summed E-state index contributed by atoms with van der Waals surface area (Å²) in [4.78, 5) is 24.3. The Morgan fingerprint density at radius 2 is 1.65 bits per heavy atom. The van der Waals surface area contributed by atoms with Gasteiger partial charge in [-0.25, -0.2) is 4.79 Å². The van der Waals surface area contributed by atoms with E-state index < -0.39 is 35.2 Å². The first kappa shape index (κ1) is 19.5. The summed E-state index contributed by atoms with van der Waals surface area (Å²) in [5, 5.41) is 2.35. The molecule has 0 unspecified atom stereocenters. The van der Waals surface area contributed by atoms with Gasteiger partial charge in [-0.2, -0.15) is 13.2 Å². The van der Waals surface area contributed by atoms with E-state index in [0.717, 1.165) is 24.8 Å². The third kappa shape index (κ3) is 5.08. The number of benzene rings is 2. The molecule has 1 atom stereocenters. The molecular weight excluding hydrogens is 347 g/mol. The summed E-state index contributed by atoms with van der Waals surface area (Å²) in [7, 11) is 1.16. The highest BCUT2D eigenvalue weighted by molar-refractivity contribution is 5.98. The lowest BCUT2D eigenvalue weighted by molar-refractivity contribution is -0.143. The van der Waals surface area contributed by atoms with Crippen molar-refractivity contribution in [3.05, 3.63) is 71.3 Å². The fourth-order valence-electron chi connectivity index (χ4n) is 2.51. The molecule has 0 spiro atoms. The number of rotatable bonds is 6. The molecule has 1 amide bonds. The minimum atomic E-state index is -4.67. The molecule has 0 fully saturated rings. The van der Waals surface area contributed by atoms with Gasteiger partial charge in [-0.1, -0.05) is 42.5 Å². The molecule has 0 heterocycles. The summed E-state index contributed by atoms with van der Waals surface area (Å²) in [5.74, 6) is -1.68. The Bertz CT molecular complexity index is 760. The number of ether oxygens (including phenoxy) is 1. The maximum absolute atomic E-state index is 13.1. The van der Waals surface area contributed by atoms with E-state index in [-0.39, 0.29) is 6.42 Å². The Hall–Kier alpha value is -2.83. The predicted molar refractivity (Wildman–Crippen MR) is 89.5 cm³/mol. The van der Waals surface area contributed by atoms with Crippen LogP contribution in [0.4, 0.5) is 13.2 Å². The van der Waals surface area contributed by atoms with Crippen molar-refractivity contribution in [2.24, 2.45) is 0 Å². The summed E-state index contributed by atoms with van der Waals surface area (Å²) >= 11 is 0. The smallest absolute Gasteiger partial charge is 0.417 e. The largest absolute Gasteiger partial charge is 0.467 e. The van der Waals surface area contributed by atoms with Crippen molar-refractivity contribution < 1.29 is 27.5 Å². The molecule has 2 aromatic carbocycles. The standard InChI is InChI=1S/C19H18F3NO3/c1-26-18(25)16(12-11-13-7-3-2-4-8-13)23-17(24)14-9-5-6-10-15(14)19(20,21)22/h2-10,16H,11-12H2,1H3,(H,23,24)/t16-/m1/s1. The third-order valence-corrected chi connectivity index (χ3v) is 3.83. The van der Waals surface area contributed by atoms with E-state index in [1.807, 2.05) is 30.3 Å². The molecule has 0 aromatic heterocycles. The van der Waals surface area contributed by atoms with Crippen molar-refractivity contribution in [3.8, 4) is 0 Å². The summed E-state index contributed by atoms with van der Waals surface area (Å²) in [5.41, 5.74) is -0.649. The molecule has 7 heteroatoms. The van der Waals surface area contributed by atoms with Crippen molar-refractivity contribution in [1.82, 2.24) is 5.32 Å². The van der Waals surface area contributed by atoms with Gasteiger partial charge in [-0.3, -0.25) is 4.79 Å². The van der Waals surface area contributed by atoms with E-state index in [0.29, 0.717) is 6.42 Å². The molecule has 0 saturated heterocycles. The molecule has 0 radical (unpaired) electrons. The number of aryl methyl sites for hydroxylation is 1. The van der Waals surface area contributed by atoms with Gasteiger partial charge in [0.2, 0.25) is 0 Å². The van der Waals surface area contributed by atoms with Gasteiger partial charge in [0.05, 0.1) is 18.2 Å². The van der Waals surface area contributed by atoms with Crippen LogP contribution >= 0.6 is 0 Å². The van der Waals surface area contributed by atoms with E-state index in [1.165, 1.54) is 12.1 Å². The molecule has 2 rings (SSSR count). The monoisotopic (exact) mass is 365 g/mol. The fraction of sp³-hybridized carbons (Fsp3) is 0.263.